The molecule has 1 fully saturated rings. The van der Waals surface area contributed by atoms with Gasteiger partial charge in [0.05, 0.1) is 5.92 Å². The number of aliphatic hydroxyl groups is 1. The molecule has 1 aromatic rings. The van der Waals surface area contributed by atoms with Crippen molar-refractivity contribution in [1.29, 1.82) is 0 Å². The van der Waals surface area contributed by atoms with Gasteiger partial charge in [-0.05, 0) is 24.8 Å². The third-order valence-electron chi connectivity index (χ3n) is 4.13. The van der Waals surface area contributed by atoms with E-state index in [2.05, 4.69) is 31.1 Å². The summed E-state index contributed by atoms with van der Waals surface area (Å²) in [6.07, 6.45) is 1.29. The highest BCUT2D eigenvalue weighted by molar-refractivity contribution is 6.83. The fraction of sp³-hybridized carbons (Fsp3) is 0.500. The molecule has 0 aliphatic heterocycles. The molecule has 3 nitrogen and oxygen atoms in total. The van der Waals surface area contributed by atoms with Crippen LogP contribution in [-0.2, 0) is 4.79 Å². The number of rotatable bonds is 2. The van der Waals surface area contributed by atoms with Crippen molar-refractivity contribution < 1.29 is 15.0 Å². The standard InChI is InChI=1S/C18H24O3Si/c1-22(2,3)12-11-18(21)10-9-15(17(19)20)16(13-18)14-7-5-4-6-8-14/h4-8,15-16,21H,9-10,13H2,1-3H3,(H,19,20)/t15-,16+,18-/m1/s1. The molecule has 22 heavy (non-hydrogen) atoms. The van der Waals surface area contributed by atoms with Crippen LogP contribution in [0.25, 0.3) is 0 Å². The summed E-state index contributed by atoms with van der Waals surface area (Å²) >= 11 is 0. The number of carboxylic acids is 1. The number of hydrogen-bond acceptors (Lipinski definition) is 2. The van der Waals surface area contributed by atoms with Crippen molar-refractivity contribution >= 4 is 14.0 Å². The summed E-state index contributed by atoms with van der Waals surface area (Å²) in [5.41, 5.74) is 3.15. The Balaban J connectivity index is 2.30. The van der Waals surface area contributed by atoms with E-state index in [4.69, 9.17) is 0 Å². The summed E-state index contributed by atoms with van der Waals surface area (Å²) in [5, 5.41) is 20.3. The lowest BCUT2D eigenvalue weighted by Gasteiger charge is -2.37. The third-order valence-corrected chi connectivity index (χ3v) is 5.00. The molecule has 1 aliphatic rings. The van der Waals surface area contributed by atoms with Crippen LogP contribution in [0.3, 0.4) is 0 Å². The molecule has 4 heteroatoms. The van der Waals surface area contributed by atoms with Crippen molar-refractivity contribution in [3.8, 4) is 11.5 Å². The lowest BCUT2D eigenvalue weighted by atomic mass is 9.69. The van der Waals surface area contributed by atoms with Crippen molar-refractivity contribution in [3.63, 3.8) is 0 Å². The smallest absolute Gasteiger partial charge is 0.307 e. The molecule has 1 aromatic carbocycles. The monoisotopic (exact) mass is 316 g/mol. The summed E-state index contributed by atoms with van der Waals surface area (Å²) < 4.78 is 0. The molecule has 1 saturated carbocycles. The van der Waals surface area contributed by atoms with Gasteiger partial charge in [-0.1, -0.05) is 55.9 Å². The molecule has 0 radical (unpaired) electrons. The van der Waals surface area contributed by atoms with Crippen molar-refractivity contribution in [2.24, 2.45) is 5.92 Å². The zero-order chi connectivity index (χ0) is 16.4. The second kappa shape index (κ2) is 6.27. The normalized spacial score (nSPS) is 28.5. The van der Waals surface area contributed by atoms with Crippen LogP contribution in [0.1, 0.15) is 30.7 Å². The predicted octanol–water partition coefficient (Wildman–Crippen LogP) is 3.27. The molecule has 1 aliphatic carbocycles. The van der Waals surface area contributed by atoms with Crippen molar-refractivity contribution in [3.05, 3.63) is 35.9 Å². The summed E-state index contributed by atoms with van der Waals surface area (Å²) in [5.74, 6) is 1.65. The lowest BCUT2D eigenvalue weighted by Crippen LogP contribution is -2.40. The first-order valence-electron chi connectivity index (χ1n) is 7.75. The largest absolute Gasteiger partial charge is 0.481 e. The van der Waals surface area contributed by atoms with Crippen LogP contribution in [0.5, 0.6) is 0 Å². The average molecular weight is 316 g/mol. The van der Waals surface area contributed by atoms with E-state index < -0.39 is 25.6 Å². The van der Waals surface area contributed by atoms with Crippen molar-refractivity contribution in [2.75, 3.05) is 0 Å². The fourth-order valence-electron chi connectivity index (χ4n) is 2.97. The van der Waals surface area contributed by atoms with Gasteiger partial charge >= 0.3 is 5.97 Å². The first-order valence-corrected chi connectivity index (χ1v) is 11.2. The predicted molar refractivity (Wildman–Crippen MR) is 90.2 cm³/mol. The van der Waals surface area contributed by atoms with E-state index in [-0.39, 0.29) is 5.92 Å². The number of hydrogen-bond donors (Lipinski definition) is 2. The van der Waals surface area contributed by atoms with Crippen LogP contribution in [0, 0.1) is 17.4 Å². The Bertz CT molecular complexity index is 594. The lowest BCUT2D eigenvalue weighted by molar-refractivity contribution is -0.145. The molecule has 3 atom stereocenters. The highest BCUT2D eigenvalue weighted by Crippen LogP contribution is 2.42. The van der Waals surface area contributed by atoms with E-state index in [0.717, 1.165) is 5.56 Å². The maximum Gasteiger partial charge on any atom is 0.307 e. The Kier molecular flexibility index (Phi) is 4.79. The van der Waals surface area contributed by atoms with Gasteiger partial charge in [-0.25, -0.2) is 0 Å². The van der Waals surface area contributed by atoms with E-state index in [1.54, 1.807) is 0 Å². The van der Waals surface area contributed by atoms with Crippen LogP contribution in [0.2, 0.25) is 19.6 Å². The quantitative estimate of drug-likeness (QED) is 0.650. The first-order chi connectivity index (χ1) is 10.2. The Morgan fingerprint density at radius 2 is 1.91 bits per heavy atom. The third kappa shape index (κ3) is 4.22. The van der Waals surface area contributed by atoms with Gasteiger partial charge in [0.25, 0.3) is 0 Å². The molecular weight excluding hydrogens is 292 g/mol. The summed E-state index contributed by atoms with van der Waals surface area (Å²) in [7, 11) is -1.57. The highest BCUT2D eigenvalue weighted by atomic mass is 28.3. The molecule has 0 heterocycles. The molecule has 0 unspecified atom stereocenters. The number of aliphatic carboxylic acids is 1. The van der Waals surface area contributed by atoms with Crippen LogP contribution < -0.4 is 0 Å². The van der Waals surface area contributed by atoms with E-state index in [1.807, 2.05) is 30.3 Å². The molecule has 0 amide bonds. The second-order valence-electron chi connectivity index (χ2n) is 7.24. The van der Waals surface area contributed by atoms with Crippen LogP contribution >= 0.6 is 0 Å². The SMILES string of the molecule is C[Si](C)(C)C#C[C@]1(O)CC[C@@H](C(=O)O)[C@H](c2ccccc2)C1. The molecule has 0 saturated heterocycles. The van der Waals surface area contributed by atoms with Gasteiger partial charge in [-0.2, -0.15) is 0 Å². The maximum atomic E-state index is 11.6. The Morgan fingerprint density at radius 3 is 2.45 bits per heavy atom. The maximum absolute atomic E-state index is 11.6. The van der Waals surface area contributed by atoms with E-state index in [0.29, 0.717) is 19.3 Å². The molecule has 0 bridgehead atoms. The van der Waals surface area contributed by atoms with Crippen LogP contribution in [0.15, 0.2) is 30.3 Å². The highest BCUT2D eigenvalue weighted by Gasteiger charge is 2.42. The fourth-order valence-corrected chi connectivity index (χ4v) is 3.57. The summed E-state index contributed by atoms with van der Waals surface area (Å²) in [6.45, 7) is 6.42. The number of carboxylic acid groups (broad SMARTS) is 1. The molecule has 0 spiro atoms. The molecule has 2 N–H and O–H groups in total. The average Bonchev–Trinajstić information content (AvgIpc) is 2.45. The number of benzene rings is 1. The van der Waals surface area contributed by atoms with Crippen molar-refractivity contribution in [1.82, 2.24) is 0 Å². The van der Waals surface area contributed by atoms with Crippen LogP contribution in [0.4, 0.5) is 0 Å². The summed E-state index contributed by atoms with van der Waals surface area (Å²) in [4.78, 5) is 11.6. The molecule has 118 valence electrons. The van der Waals surface area contributed by atoms with Gasteiger partial charge < -0.3 is 10.2 Å². The Morgan fingerprint density at radius 1 is 1.27 bits per heavy atom. The van der Waals surface area contributed by atoms with Gasteiger partial charge in [0, 0.05) is 5.92 Å². The topological polar surface area (TPSA) is 57.5 Å². The van der Waals surface area contributed by atoms with Gasteiger partial charge in [0.1, 0.15) is 13.7 Å². The zero-order valence-electron chi connectivity index (χ0n) is 13.5. The van der Waals surface area contributed by atoms with Gasteiger partial charge in [-0.3, -0.25) is 4.79 Å². The van der Waals surface area contributed by atoms with Crippen molar-refractivity contribution in [2.45, 2.75) is 50.4 Å². The van der Waals surface area contributed by atoms with Gasteiger partial charge in [-0.15, -0.1) is 5.54 Å². The number of carbonyl (C=O) groups is 1. The minimum absolute atomic E-state index is 0.187. The Hall–Kier alpha value is -1.57. The Labute approximate surface area is 133 Å². The van der Waals surface area contributed by atoms with Crippen LogP contribution in [-0.4, -0.2) is 29.9 Å². The minimum Gasteiger partial charge on any atom is -0.481 e. The minimum atomic E-state index is -1.57. The zero-order valence-corrected chi connectivity index (χ0v) is 14.5. The van der Waals surface area contributed by atoms with Gasteiger partial charge in [0.15, 0.2) is 0 Å². The molecular formula is C18H24O3Si. The van der Waals surface area contributed by atoms with Gasteiger partial charge in [0.2, 0.25) is 0 Å². The summed E-state index contributed by atoms with van der Waals surface area (Å²) in [6, 6.07) is 9.63. The van der Waals surface area contributed by atoms with E-state index >= 15 is 0 Å². The molecule has 2 rings (SSSR count). The first kappa shape index (κ1) is 16.8. The van der Waals surface area contributed by atoms with E-state index in [9.17, 15) is 15.0 Å². The second-order valence-corrected chi connectivity index (χ2v) is 12.0. The van der Waals surface area contributed by atoms with E-state index in [1.165, 1.54) is 0 Å². The molecule has 0 aromatic heterocycles.